The molecule has 5 rings (SSSR count). The highest BCUT2D eigenvalue weighted by Crippen LogP contribution is 2.39. The van der Waals surface area contributed by atoms with Crippen molar-refractivity contribution >= 4 is 23.0 Å². The first-order valence-electron chi connectivity index (χ1n) is 11.7. The fraction of sp³-hybridized carbons (Fsp3) is 0.333. The predicted molar refractivity (Wildman–Crippen MR) is 134 cm³/mol. The lowest BCUT2D eigenvalue weighted by Gasteiger charge is -2.25. The summed E-state index contributed by atoms with van der Waals surface area (Å²) < 4.78 is 16.9. The van der Waals surface area contributed by atoms with E-state index in [9.17, 15) is 9.90 Å². The minimum atomic E-state index is -0.482. The number of hydrazone groups is 1. The van der Waals surface area contributed by atoms with Gasteiger partial charge in [0.05, 0.1) is 37.0 Å². The molecule has 8 heteroatoms. The second-order valence-electron chi connectivity index (χ2n) is 8.62. The van der Waals surface area contributed by atoms with Crippen molar-refractivity contribution in [3.8, 4) is 17.2 Å². The molecule has 2 heterocycles. The summed E-state index contributed by atoms with van der Waals surface area (Å²) in [6.07, 6.45) is 2.58. The topological polar surface area (TPSA) is 80.6 Å². The highest BCUT2D eigenvalue weighted by atomic mass is 32.1. The summed E-state index contributed by atoms with van der Waals surface area (Å²) in [5, 5.41) is 18.6. The molecule has 2 aromatic carbocycles. The third-order valence-electron chi connectivity index (χ3n) is 6.55. The second-order valence-corrected chi connectivity index (χ2v) is 9.56. The number of aliphatic hydroxyl groups is 1. The number of benzene rings is 2. The van der Waals surface area contributed by atoms with Crippen LogP contribution in [0.4, 0.5) is 0 Å². The molecule has 0 saturated heterocycles. The van der Waals surface area contributed by atoms with Crippen molar-refractivity contribution in [3.05, 3.63) is 75.5 Å². The molecule has 0 saturated carbocycles. The van der Waals surface area contributed by atoms with Gasteiger partial charge in [0.1, 0.15) is 5.75 Å². The van der Waals surface area contributed by atoms with Gasteiger partial charge in [-0.3, -0.25) is 4.79 Å². The van der Waals surface area contributed by atoms with Gasteiger partial charge in [-0.25, -0.2) is 5.01 Å². The lowest BCUT2D eigenvalue weighted by Crippen LogP contribution is -2.31. The maximum absolute atomic E-state index is 13.4. The van der Waals surface area contributed by atoms with Crippen LogP contribution in [0, 0.1) is 0 Å². The Kier molecular flexibility index (Phi) is 6.74. The van der Waals surface area contributed by atoms with E-state index in [1.807, 2.05) is 53.9 Å². The van der Waals surface area contributed by atoms with Gasteiger partial charge < -0.3 is 19.3 Å². The summed E-state index contributed by atoms with van der Waals surface area (Å²) in [4.78, 5) is 14.5. The van der Waals surface area contributed by atoms with E-state index in [4.69, 9.17) is 19.3 Å². The number of nitrogens with zero attached hydrogens (tertiary/aromatic N) is 2. The lowest BCUT2D eigenvalue weighted by atomic mass is 9.89. The number of fused-ring (bicyclic) bond motifs is 1. The molecule has 0 bridgehead atoms. The van der Waals surface area contributed by atoms with Crippen LogP contribution in [0.2, 0.25) is 0 Å². The molecule has 1 amide bonds. The smallest absolute Gasteiger partial charge is 0.281 e. The van der Waals surface area contributed by atoms with Crippen LogP contribution in [0.3, 0.4) is 0 Å². The van der Waals surface area contributed by atoms with E-state index in [1.165, 1.54) is 5.01 Å². The number of hydrogen-bond donors (Lipinski definition) is 1. The molecule has 0 fully saturated rings. The Morgan fingerprint density at radius 2 is 1.97 bits per heavy atom. The highest BCUT2D eigenvalue weighted by Gasteiger charge is 2.34. The maximum atomic E-state index is 13.4. The van der Waals surface area contributed by atoms with Gasteiger partial charge in [0.25, 0.3) is 5.91 Å². The third kappa shape index (κ3) is 4.63. The average Bonchev–Trinajstić information content (AvgIpc) is 3.57. The molecular formula is C27H28N2O5S. The summed E-state index contributed by atoms with van der Waals surface area (Å²) in [6, 6.07) is 15.0. The zero-order valence-corrected chi connectivity index (χ0v) is 20.6. The summed E-state index contributed by atoms with van der Waals surface area (Å²) in [5.74, 6) is 1.66. The van der Waals surface area contributed by atoms with Crippen LogP contribution in [0.1, 0.15) is 53.0 Å². The Morgan fingerprint density at radius 1 is 1.11 bits per heavy atom. The molecule has 1 aliphatic heterocycles. The first-order valence-corrected chi connectivity index (χ1v) is 12.5. The van der Waals surface area contributed by atoms with E-state index >= 15 is 0 Å². The van der Waals surface area contributed by atoms with Crippen molar-refractivity contribution in [1.29, 1.82) is 0 Å². The molecule has 1 aromatic heterocycles. The van der Waals surface area contributed by atoms with Crippen LogP contribution in [0.15, 0.2) is 59.0 Å². The molecule has 2 atom stereocenters. The molecule has 0 unspecified atom stereocenters. The molecule has 35 heavy (non-hydrogen) atoms. The van der Waals surface area contributed by atoms with Crippen molar-refractivity contribution in [1.82, 2.24) is 5.01 Å². The van der Waals surface area contributed by atoms with E-state index in [0.29, 0.717) is 23.7 Å². The van der Waals surface area contributed by atoms with Gasteiger partial charge in [0.2, 0.25) is 0 Å². The van der Waals surface area contributed by atoms with E-state index < -0.39 is 6.10 Å². The van der Waals surface area contributed by atoms with Crippen LogP contribution in [0.5, 0.6) is 17.2 Å². The average molecular weight is 493 g/mol. The Balaban J connectivity index is 1.40. The predicted octanol–water partition coefficient (Wildman–Crippen LogP) is 4.89. The number of ether oxygens (including phenoxy) is 3. The zero-order chi connectivity index (χ0) is 24.4. The van der Waals surface area contributed by atoms with E-state index in [0.717, 1.165) is 46.5 Å². The van der Waals surface area contributed by atoms with Crippen LogP contribution < -0.4 is 14.2 Å². The van der Waals surface area contributed by atoms with Gasteiger partial charge in [-0.05, 0) is 65.6 Å². The summed E-state index contributed by atoms with van der Waals surface area (Å²) in [7, 11) is 3.19. The van der Waals surface area contributed by atoms with Crippen molar-refractivity contribution in [3.63, 3.8) is 0 Å². The van der Waals surface area contributed by atoms with Crippen LogP contribution >= 0.6 is 11.3 Å². The van der Waals surface area contributed by atoms with E-state index in [-0.39, 0.29) is 18.6 Å². The molecule has 182 valence electrons. The van der Waals surface area contributed by atoms with Gasteiger partial charge in [-0.15, -0.1) is 11.3 Å². The monoisotopic (exact) mass is 492 g/mol. The van der Waals surface area contributed by atoms with Gasteiger partial charge in [-0.2, -0.15) is 5.10 Å². The fourth-order valence-electron chi connectivity index (χ4n) is 4.78. The molecule has 2 aliphatic rings. The SMILES string of the molecule is COc1ccc([C@@H]2CC(c3cccs3)=NN2C(=O)COc2cccc3c2CCC[C@H]3O)cc1OC. The highest BCUT2D eigenvalue weighted by molar-refractivity contribution is 7.12. The van der Waals surface area contributed by atoms with Crippen molar-refractivity contribution in [2.45, 2.75) is 37.8 Å². The normalized spacial score (nSPS) is 19.2. The standard InChI is InChI=1S/C27H28N2O5S/c1-32-24-12-11-17(14-25(24)33-2)21-15-20(26-10-5-13-35-26)28-29(21)27(31)16-34-23-9-4-6-18-19(23)7-3-8-22(18)30/h4-6,9-14,21-22,30H,3,7-8,15-16H2,1-2H3/t21-,22+/m0/s1. The minimum absolute atomic E-state index is 0.141. The first kappa shape index (κ1) is 23.4. The number of amides is 1. The van der Waals surface area contributed by atoms with Crippen molar-refractivity contribution < 1.29 is 24.1 Å². The van der Waals surface area contributed by atoms with Crippen LogP contribution in [-0.2, 0) is 11.2 Å². The first-order chi connectivity index (χ1) is 17.1. The Labute approximate surface area is 208 Å². The molecule has 0 radical (unpaired) electrons. The lowest BCUT2D eigenvalue weighted by molar-refractivity contribution is -0.135. The fourth-order valence-corrected chi connectivity index (χ4v) is 5.50. The number of hydrogen-bond acceptors (Lipinski definition) is 7. The van der Waals surface area contributed by atoms with Crippen LogP contribution in [0.25, 0.3) is 0 Å². The third-order valence-corrected chi connectivity index (χ3v) is 7.47. The zero-order valence-electron chi connectivity index (χ0n) is 19.8. The number of carbonyl (C=O) groups is 1. The van der Waals surface area contributed by atoms with Crippen LogP contribution in [-0.4, -0.2) is 42.6 Å². The molecule has 3 aromatic rings. The number of methoxy groups -OCH3 is 2. The molecule has 0 spiro atoms. The quantitative estimate of drug-likeness (QED) is 0.508. The largest absolute Gasteiger partial charge is 0.493 e. The summed E-state index contributed by atoms with van der Waals surface area (Å²) in [6.45, 7) is -0.141. The molecular weight excluding hydrogens is 464 g/mol. The second kappa shape index (κ2) is 10.1. The molecule has 7 nitrogen and oxygen atoms in total. The van der Waals surface area contributed by atoms with E-state index in [1.54, 1.807) is 25.6 Å². The molecule has 1 N–H and O–H groups in total. The Hall–Kier alpha value is -3.36. The maximum Gasteiger partial charge on any atom is 0.281 e. The van der Waals surface area contributed by atoms with E-state index in [2.05, 4.69) is 0 Å². The van der Waals surface area contributed by atoms with Gasteiger partial charge in [0.15, 0.2) is 18.1 Å². The Bertz CT molecular complexity index is 1240. The van der Waals surface area contributed by atoms with Crippen molar-refractivity contribution in [2.24, 2.45) is 5.10 Å². The van der Waals surface area contributed by atoms with Gasteiger partial charge >= 0.3 is 0 Å². The van der Waals surface area contributed by atoms with Gasteiger partial charge in [-0.1, -0.05) is 24.3 Å². The summed E-state index contributed by atoms with van der Waals surface area (Å²) in [5.41, 5.74) is 3.66. The molecule has 1 aliphatic carbocycles. The number of rotatable bonds is 7. The number of carbonyl (C=O) groups excluding carboxylic acids is 1. The minimum Gasteiger partial charge on any atom is -0.493 e. The summed E-state index contributed by atoms with van der Waals surface area (Å²) >= 11 is 1.60. The Morgan fingerprint density at radius 3 is 2.74 bits per heavy atom. The number of aliphatic hydroxyl groups excluding tert-OH is 1. The number of thiophene rings is 1. The van der Waals surface area contributed by atoms with Gasteiger partial charge in [0, 0.05) is 6.42 Å². The van der Waals surface area contributed by atoms with Crippen molar-refractivity contribution in [2.75, 3.05) is 20.8 Å².